The van der Waals surface area contributed by atoms with Crippen LogP contribution in [-0.4, -0.2) is 31.9 Å². The van der Waals surface area contributed by atoms with E-state index in [2.05, 4.69) is 32.3 Å². The lowest BCUT2D eigenvalue weighted by Crippen LogP contribution is -2.15. The molecule has 8 heteroatoms. The highest BCUT2D eigenvalue weighted by Gasteiger charge is 2.11. The van der Waals surface area contributed by atoms with Crippen LogP contribution >= 0.6 is 23.1 Å². The minimum Gasteiger partial charge on any atom is -0.325 e. The van der Waals surface area contributed by atoms with Gasteiger partial charge in [0, 0.05) is 17.0 Å². The standard InChI is InChI=1S/C16H17N5OS2/c1-12-5-2-3-7-14(12)17-15(22)11-24-16-18-19-20-21(16)9-8-13-6-4-10-23-13/h2-7,10H,8-9,11H2,1H3,(H,17,22). The Bertz CT molecular complexity index is 800. The Labute approximate surface area is 148 Å². The average Bonchev–Trinajstić information content (AvgIpc) is 3.24. The van der Waals surface area contributed by atoms with Crippen LogP contribution in [0.15, 0.2) is 46.9 Å². The van der Waals surface area contributed by atoms with Crippen molar-refractivity contribution in [2.24, 2.45) is 0 Å². The molecule has 2 aromatic heterocycles. The van der Waals surface area contributed by atoms with Crippen molar-refractivity contribution in [2.45, 2.75) is 25.0 Å². The molecule has 3 aromatic rings. The summed E-state index contributed by atoms with van der Waals surface area (Å²) in [4.78, 5) is 13.4. The SMILES string of the molecule is Cc1ccccc1NC(=O)CSc1nnnn1CCc1cccs1. The van der Waals surface area contributed by atoms with Crippen molar-refractivity contribution in [3.63, 3.8) is 0 Å². The number of hydrogen-bond donors (Lipinski definition) is 1. The topological polar surface area (TPSA) is 72.7 Å². The lowest BCUT2D eigenvalue weighted by molar-refractivity contribution is -0.113. The summed E-state index contributed by atoms with van der Waals surface area (Å²) in [6.07, 6.45) is 0.881. The quantitative estimate of drug-likeness (QED) is 0.657. The van der Waals surface area contributed by atoms with Gasteiger partial charge in [0.2, 0.25) is 11.1 Å². The molecule has 2 heterocycles. The second-order valence-electron chi connectivity index (χ2n) is 5.17. The molecular formula is C16H17N5OS2. The molecule has 0 aliphatic heterocycles. The van der Waals surface area contributed by atoms with E-state index in [1.54, 1.807) is 16.0 Å². The number of amides is 1. The Morgan fingerprint density at radius 3 is 2.96 bits per heavy atom. The van der Waals surface area contributed by atoms with Gasteiger partial charge in [-0.25, -0.2) is 4.68 Å². The number of nitrogens with zero attached hydrogens (tertiary/aromatic N) is 4. The third kappa shape index (κ3) is 4.42. The van der Waals surface area contributed by atoms with Crippen molar-refractivity contribution < 1.29 is 4.79 Å². The van der Waals surface area contributed by atoms with E-state index >= 15 is 0 Å². The molecule has 6 nitrogen and oxygen atoms in total. The van der Waals surface area contributed by atoms with E-state index in [1.165, 1.54) is 16.6 Å². The van der Waals surface area contributed by atoms with Crippen LogP contribution in [0, 0.1) is 6.92 Å². The van der Waals surface area contributed by atoms with Crippen LogP contribution in [0.3, 0.4) is 0 Å². The molecule has 124 valence electrons. The molecule has 0 aliphatic rings. The van der Waals surface area contributed by atoms with Crippen molar-refractivity contribution in [1.29, 1.82) is 0 Å². The van der Waals surface area contributed by atoms with Crippen LogP contribution in [0.5, 0.6) is 0 Å². The zero-order valence-corrected chi connectivity index (χ0v) is 14.8. The number of nitrogens with one attached hydrogen (secondary N) is 1. The van der Waals surface area contributed by atoms with Crippen molar-refractivity contribution >= 4 is 34.7 Å². The molecule has 0 saturated carbocycles. The summed E-state index contributed by atoms with van der Waals surface area (Å²) in [5, 5.41) is 17.3. The molecule has 0 bridgehead atoms. The van der Waals surface area contributed by atoms with Gasteiger partial charge < -0.3 is 5.32 Å². The zero-order chi connectivity index (χ0) is 16.8. The summed E-state index contributed by atoms with van der Waals surface area (Å²) < 4.78 is 1.74. The van der Waals surface area contributed by atoms with E-state index in [0.29, 0.717) is 11.7 Å². The number of aryl methyl sites for hydroxylation is 3. The number of anilines is 1. The number of para-hydroxylation sites is 1. The number of benzene rings is 1. The Hall–Kier alpha value is -2.19. The van der Waals surface area contributed by atoms with Crippen LogP contribution in [0.2, 0.25) is 0 Å². The molecule has 0 aliphatic carbocycles. The number of rotatable bonds is 7. The molecular weight excluding hydrogens is 342 g/mol. The third-order valence-electron chi connectivity index (χ3n) is 3.40. The van der Waals surface area contributed by atoms with E-state index in [4.69, 9.17) is 0 Å². The molecule has 0 radical (unpaired) electrons. The summed E-state index contributed by atoms with van der Waals surface area (Å²) in [6, 6.07) is 11.8. The highest BCUT2D eigenvalue weighted by Crippen LogP contribution is 2.17. The largest absolute Gasteiger partial charge is 0.325 e. The molecule has 24 heavy (non-hydrogen) atoms. The van der Waals surface area contributed by atoms with Gasteiger partial charge in [-0.05, 0) is 40.4 Å². The van der Waals surface area contributed by atoms with Gasteiger partial charge in [0.25, 0.3) is 0 Å². The first-order chi connectivity index (χ1) is 11.7. The van der Waals surface area contributed by atoms with Crippen LogP contribution < -0.4 is 5.32 Å². The van der Waals surface area contributed by atoms with Crippen molar-refractivity contribution in [2.75, 3.05) is 11.1 Å². The normalized spacial score (nSPS) is 10.7. The second-order valence-corrected chi connectivity index (χ2v) is 7.14. The molecule has 0 atom stereocenters. The van der Waals surface area contributed by atoms with Gasteiger partial charge in [0.05, 0.1) is 12.3 Å². The fourth-order valence-corrected chi connectivity index (χ4v) is 3.54. The van der Waals surface area contributed by atoms with Gasteiger partial charge >= 0.3 is 0 Å². The smallest absolute Gasteiger partial charge is 0.234 e. The number of hydrogen-bond acceptors (Lipinski definition) is 6. The summed E-state index contributed by atoms with van der Waals surface area (Å²) >= 11 is 3.06. The fraction of sp³-hybridized carbons (Fsp3) is 0.250. The molecule has 0 fully saturated rings. The van der Waals surface area contributed by atoms with Gasteiger partial charge in [-0.15, -0.1) is 16.4 Å². The van der Waals surface area contributed by atoms with E-state index in [1.807, 2.05) is 37.3 Å². The summed E-state index contributed by atoms with van der Waals surface area (Å²) in [5.41, 5.74) is 1.87. The maximum absolute atomic E-state index is 12.1. The van der Waals surface area contributed by atoms with Crippen LogP contribution in [0.4, 0.5) is 5.69 Å². The average molecular weight is 359 g/mol. The second kappa shape index (κ2) is 8.07. The molecule has 1 N–H and O–H groups in total. The maximum Gasteiger partial charge on any atom is 0.234 e. The van der Waals surface area contributed by atoms with Crippen molar-refractivity contribution in [1.82, 2.24) is 20.2 Å². The van der Waals surface area contributed by atoms with Gasteiger partial charge in [-0.3, -0.25) is 4.79 Å². The van der Waals surface area contributed by atoms with Crippen LogP contribution in [0.1, 0.15) is 10.4 Å². The molecule has 0 unspecified atom stereocenters. The lowest BCUT2D eigenvalue weighted by atomic mass is 10.2. The number of tetrazole rings is 1. The van der Waals surface area contributed by atoms with Crippen molar-refractivity contribution in [3.8, 4) is 0 Å². The molecule has 0 spiro atoms. The van der Waals surface area contributed by atoms with Gasteiger partial charge in [-0.2, -0.15) is 0 Å². The molecule has 0 saturated heterocycles. The monoisotopic (exact) mass is 359 g/mol. The number of carbonyl (C=O) groups is 1. The Kier molecular flexibility index (Phi) is 5.60. The van der Waals surface area contributed by atoms with E-state index in [0.717, 1.165) is 17.7 Å². The first-order valence-corrected chi connectivity index (χ1v) is 9.36. The maximum atomic E-state index is 12.1. The minimum atomic E-state index is -0.0675. The first-order valence-electron chi connectivity index (χ1n) is 7.49. The summed E-state index contributed by atoms with van der Waals surface area (Å²) in [6.45, 7) is 2.67. The molecule has 1 aromatic carbocycles. The summed E-state index contributed by atoms with van der Waals surface area (Å²) in [7, 11) is 0. The first kappa shape index (κ1) is 16.7. The van der Waals surface area contributed by atoms with E-state index in [-0.39, 0.29) is 11.7 Å². The third-order valence-corrected chi connectivity index (χ3v) is 5.29. The van der Waals surface area contributed by atoms with Gasteiger partial charge in [0.15, 0.2) is 0 Å². The molecule has 1 amide bonds. The highest BCUT2D eigenvalue weighted by molar-refractivity contribution is 7.99. The number of thiophene rings is 1. The van der Waals surface area contributed by atoms with Crippen molar-refractivity contribution in [3.05, 3.63) is 52.2 Å². The van der Waals surface area contributed by atoms with Crippen LogP contribution in [-0.2, 0) is 17.8 Å². The zero-order valence-electron chi connectivity index (χ0n) is 13.2. The lowest BCUT2D eigenvalue weighted by Gasteiger charge is -2.07. The van der Waals surface area contributed by atoms with E-state index in [9.17, 15) is 4.79 Å². The van der Waals surface area contributed by atoms with Gasteiger partial charge in [0.1, 0.15) is 0 Å². The Balaban J connectivity index is 1.52. The number of aromatic nitrogens is 4. The summed E-state index contributed by atoms with van der Waals surface area (Å²) in [5.74, 6) is 0.204. The number of carbonyl (C=O) groups excluding carboxylic acids is 1. The Morgan fingerprint density at radius 2 is 2.17 bits per heavy atom. The van der Waals surface area contributed by atoms with Crippen LogP contribution in [0.25, 0.3) is 0 Å². The number of thioether (sulfide) groups is 1. The van der Waals surface area contributed by atoms with Gasteiger partial charge in [-0.1, -0.05) is 36.0 Å². The highest BCUT2D eigenvalue weighted by atomic mass is 32.2. The molecule has 3 rings (SSSR count). The fourth-order valence-electron chi connectivity index (χ4n) is 2.14. The minimum absolute atomic E-state index is 0.0675. The predicted molar refractivity (Wildman–Crippen MR) is 96.4 cm³/mol. The van der Waals surface area contributed by atoms with E-state index < -0.39 is 0 Å². The Morgan fingerprint density at radius 1 is 1.29 bits per heavy atom. The predicted octanol–water partition coefficient (Wildman–Crippen LogP) is 3.02.